The van der Waals surface area contributed by atoms with Gasteiger partial charge in [0, 0.05) is 24.8 Å². The fourth-order valence-electron chi connectivity index (χ4n) is 3.04. The highest BCUT2D eigenvalue weighted by atomic mass is 35.5. The number of carbonyl (C=O) groups is 2. The SMILES string of the molecule is Cl.Cl.O=C(CCC1CCNC1)NCc1cccc(NC(=O)c2ccccn2)c1. The van der Waals surface area contributed by atoms with E-state index in [-0.39, 0.29) is 36.6 Å². The Kier molecular flexibility index (Phi) is 10.5. The van der Waals surface area contributed by atoms with E-state index in [2.05, 4.69) is 20.9 Å². The lowest BCUT2D eigenvalue weighted by Crippen LogP contribution is -2.23. The van der Waals surface area contributed by atoms with Gasteiger partial charge in [-0.25, -0.2) is 0 Å². The van der Waals surface area contributed by atoms with Crippen LogP contribution in [-0.4, -0.2) is 29.9 Å². The second-order valence-electron chi connectivity index (χ2n) is 6.54. The van der Waals surface area contributed by atoms with E-state index in [1.165, 1.54) is 0 Å². The van der Waals surface area contributed by atoms with E-state index in [0.717, 1.165) is 31.5 Å². The number of amides is 2. The molecular weight excluding hydrogens is 399 g/mol. The van der Waals surface area contributed by atoms with Gasteiger partial charge >= 0.3 is 0 Å². The largest absolute Gasteiger partial charge is 0.352 e. The predicted octanol–water partition coefficient (Wildman–Crippen LogP) is 3.18. The molecule has 0 radical (unpaired) electrons. The van der Waals surface area contributed by atoms with Gasteiger partial charge in [0.15, 0.2) is 0 Å². The molecule has 1 saturated heterocycles. The molecular formula is C20H26Cl2N4O2. The van der Waals surface area contributed by atoms with E-state index in [0.29, 0.717) is 30.3 Å². The fraction of sp³-hybridized carbons (Fsp3) is 0.350. The third kappa shape index (κ3) is 7.46. The monoisotopic (exact) mass is 424 g/mol. The molecule has 1 aliphatic rings. The van der Waals surface area contributed by atoms with E-state index in [1.807, 2.05) is 24.3 Å². The molecule has 1 aliphatic heterocycles. The maximum absolute atomic E-state index is 12.2. The minimum absolute atomic E-state index is 0. The summed E-state index contributed by atoms with van der Waals surface area (Å²) >= 11 is 0. The Hall–Kier alpha value is -2.15. The number of hydrogen-bond acceptors (Lipinski definition) is 4. The number of halogens is 2. The molecule has 3 rings (SSSR count). The van der Waals surface area contributed by atoms with Gasteiger partial charge in [-0.2, -0.15) is 0 Å². The first-order valence-corrected chi connectivity index (χ1v) is 8.99. The maximum Gasteiger partial charge on any atom is 0.274 e. The summed E-state index contributed by atoms with van der Waals surface area (Å²) in [5, 5.41) is 9.09. The lowest BCUT2D eigenvalue weighted by molar-refractivity contribution is -0.121. The summed E-state index contributed by atoms with van der Waals surface area (Å²) in [5.74, 6) is 0.433. The van der Waals surface area contributed by atoms with E-state index in [1.54, 1.807) is 24.4 Å². The first-order valence-electron chi connectivity index (χ1n) is 8.99. The van der Waals surface area contributed by atoms with E-state index in [9.17, 15) is 9.59 Å². The Labute approximate surface area is 177 Å². The molecule has 2 aromatic rings. The van der Waals surface area contributed by atoms with Crippen molar-refractivity contribution in [1.29, 1.82) is 0 Å². The highest BCUT2D eigenvalue weighted by molar-refractivity contribution is 6.02. The van der Waals surface area contributed by atoms with Gasteiger partial charge in [0.2, 0.25) is 5.91 Å². The van der Waals surface area contributed by atoms with Crippen molar-refractivity contribution in [3.63, 3.8) is 0 Å². The standard InChI is InChI=1S/C20H24N4O2.2ClH/c25-19(8-7-15-9-11-21-13-15)23-14-16-4-3-5-17(12-16)24-20(26)18-6-1-2-10-22-18;;/h1-6,10,12,15,21H,7-9,11,13-14H2,(H,23,25)(H,24,26);2*1H. The van der Waals surface area contributed by atoms with Crippen molar-refractivity contribution in [3.05, 3.63) is 59.9 Å². The minimum atomic E-state index is -0.253. The number of nitrogens with one attached hydrogen (secondary N) is 3. The van der Waals surface area contributed by atoms with Gasteiger partial charge in [-0.05, 0) is 61.7 Å². The molecule has 1 unspecified atom stereocenters. The molecule has 0 bridgehead atoms. The van der Waals surface area contributed by atoms with Crippen LogP contribution < -0.4 is 16.0 Å². The van der Waals surface area contributed by atoms with E-state index in [4.69, 9.17) is 0 Å². The molecule has 1 fully saturated rings. The third-order valence-corrected chi connectivity index (χ3v) is 4.51. The maximum atomic E-state index is 12.2. The molecule has 8 heteroatoms. The van der Waals surface area contributed by atoms with Crippen molar-refractivity contribution < 1.29 is 9.59 Å². The average molecular weight is 425 g/mol. The molecule has 0 aliphatic carbocycles. The smallest absolute Gasteiger partial charge is 0.274 e. The number of rotatable bonds is 7. The Balaban J connectivity index is 0.00000196. The second-order valence-corrected chi connectivity index (χ2v) is 6.54. The molecule has 0 saturated carbocycles. The van der Waals surface area contributed by atoms with Crippen molar-refractivity contribution in [3.8, 4) is 0 Å². The van der Waals surface area contributed by atoms with E-state index < -0.39 is 0 Å². The van der Waals surface area contributed by atoms with Gasteiger partial charge < -0.3 is 16.0 Å². The summed E-state index contributed by atoms with van der Waals surface area (Å²) in [6, 6.07) is 12.7. The topological polar surface area (TPSA) is 83.1 Å². The Morgan fingerprint density at radius 3 is 2.71 bits per heavy atom. The average Bonchev–Trinajstić information content (AvgIpc) is 3.19. The summed E-state index contributed by atoms with van der Waals surface area (Å²) in [6.07, 6.45) is 4.23. The van der Waals surface area contributed by atoms with Crippen molar-refractivity contribution in [2.24, 2.45) is 5.92 Å². The van der Waals surface area contributed by atoms with Crippen LogP contribution in [0.25, 0.3) is 0 Å². The zero-order chi connectivity index (χ0) is 18.2. The summed E-state index contributed by atoms with van der Waals surface area (Å²) < 4.78 is 0. The number of nitrogens with zero attached hydrogens (tertiary/aromatic N) is 1. The number of carbonyl (C=O) groups excluding carboxylic acids is 2. The number of benzene rings is 1. The normalized spacial score (nSPS) is 15.1. The first kappa shape index (κ1) is 23.9. The van der Waals surface area contributed by atoms with Crippen LogP contribution in [0.15, 0.2) is 48.7 Å². The summed E-state index contributed by atoms with van der Waals surface area (Å²) in [4.78, 5) is 28.2. The number of anilines is 1. The van der Waals surface area contributed by atoms with Crippen LogP contribution in [0, 0.1) is 5.92 Å². The third-order valence-electron chi connectivity index (χ3n) is 4.51. The van der Waals surface area contributed by atoms with Crippen LogP contribution in [0.4, 0.5) is 5.69 Å². The van der Waals surface area contributed by atoms with Crippen molar-refractivity contribution in [2.75, 3.05) is 18.4 Å². The summed E-state index contributed by atoms with van der Waals surface area (Å²) in [5.41, 5.74) is 2.00. The van der Waals surface area contributed by atoms with Gasteiger partial charge in [-0.1, -0.05) is 18.2 Å². The van der Waals surface area contributed by atoms with Crippen molar-refractivity contribution >= 4 is 42.3 Å². The quantitative estimate of drug-likeness (QED) is 0.637. The lowest BCUT2D eigenvalue weighted by atomic mass is 10.0. The fourth-order valence-corrected chi connectivity index (χ4v) is 3.04. The molecule has 2 amide bonds. The molecule has 1 aromatic carbocycles. The van der Waals surface area contributed by atoms with Gasteiger partial charge in [-0.15, -0.1) is 24.8 Å². The molecule has 0 spiro atoms. The van der Waals surface area contributed by atoms with Crippen LogP contribution >= 0.6 is 24.8 Å². The van der Waals surface area contributed by atoms with Crippen molar-refractivity contribution in [1.82, 2.24) is 15.6 Å². The van der Waals surface area contributed by atoms with Crippen molar-refractivity contribution in [2.45, 2.75) is 25.8 Å². The second kappa shape index (κ2) is 12.3. The zero-order valence-electron chi connectivity index (χ0n) is 15.5. The number of pyridine rings is 1. The highest BCUT2D eigenvalue weighted by Gasteiger charge is 2.15. The van der Waals surface area contributed by atoms with Gasteiger partial charge in [-0.3, -0.25) is 14.6 Å². The Bertz CT molecular complexity index is 753. The van der Waals surface area contributed by atoms with Crippen LogP contribution in [0.3, 0.4) is 0 Å². The van der Waals surface area contributed by atoms with Crippen LogP contribution in [0.5, 0.6) is 0 Å². The number of hydrogen-bond donors (Lipinski definition) is 3. The van der Waals surface area contributed by atoms with Gasteiger partial charge in [0.25, 0.3) is 5.91 Å². The first-order chi connectivity index (χ1) is 12.7. The zero-order valence-corrected chi connectivity index (χ0v) is 17.2. The van der Waals surface area contributed by atoms with E-state index >= 15 is 0 Å². The molecule has 3 N–H and O–H groups in total. The molecule has 2 heterocycles. The highest BCUT2D eigenvalue weighted by Crippen LogP contribution is 2.15. The van der Waals surface area contributed by atoms with Gasteiger partial charge in [0.1, 0.15) is 5.69 Å². The molecule has 1 aromatic heterocycles. The Morgan fingerprint density at radius 2 is 2.00 bits per heavy atom. The summed E-state index contributed by atoms with van der Waals surface area (Å²) in [7, 11) is 0. The minimum Gasteiger partial charge on any atom is -0.352 e. The summed E-state index contributed by atoms with van der Waals surface area (Å²) in [6.45, 7) is 2.53. The molecule has 6 nitrogen and oxygen atoms in total. The Morgan fingerprint density at radius 1 is 1.14 bits per heavy atom. The molecule has 1 atom stereocenters. The predicted molar refractivity (Wildman–Crippen MR) is 115 cm³/mol. The van der Waals surface area contributed by atoms with Crippen LogP contribution in [0.2, 0.25) is 0 Å². The lowest BCUT2D eigenvalue weighted by Gasteiger charge is -2.10. The molecule has 28 heavy (non-hydrogen) atoms. The molecule has 152 valence electrons. The van der Waals surface area contributed by atoms with Gasteiger partial charge in [0.05, 0.1) is 0 Å². The number of aromatic nitrogens is 1. The van der Waals surface area contributed by atoms with Crippen LogP contribution in [-0.2, 0) is 11.3 Å². The van der Waals surface area contributed by atoms with Crippen LogP contribution in [0.1, 0.15) is 35.3 Å².